The molecule has 0 aliphatic carbocycles. The van der Waals surface area contributed by atoms with Gasteiger partial charge < -0.3 is 15.1 Å². The number of nitrogens with zero attached hydrogens (tertiary/aromatic N) is 3. The Morgan fingerprint density at radius 1 is 0.809 bits per heavy atom. The third-order valence-electron chi connectivity index (χ3n) is 7.37. The van der Waals surface area contributed by atoms with Crippen LogP contribution in [0.3, 0.4) is 0 Å². The zero-order valence-corrected chi connectivity index (χ0v) is 25.8. The summed E-state index contributed by atoms with van der Waals surface area (Å²) < 4.78 is 34.5. The van der Waals surface area contributed by atoms with Crippen LogP contribution in [0, 0.1) is 11.6 Å². The van der Waals surface area contributed by atoms with Crippen LogP contribution in [0.1, 0.15) is 52.3 Å². The van der Waals surface area contributed by atoms with Crippen LogP contribution in [-0.4, -0.2) is 45.4 Å². The second-order valence-corrected chi connectivity index (χ2v) is 11.1. The molecule has 0 saturated carbocycles. The van der Waals surface area contributed by atoms with Crippen molar-refractivity contribution in [2.24, 2.45) is 0 Å². The van der Waals surface area contributed by atoms with Crippen molar-refractivity contribution in [3.63, 3.8) is 0 Å². The smallest absolute Gasteiger partial charge is 0.284 e. The van der Waals surface area contributed by atoms with E-state index in [-0.39, 0.29) is 41.7 Å². The predicted molar refractivity (Wildman–Crippen MR) is 172 cm³/mol. The number of carbonyl (C=O) groups is 3. The molecule has 0 bridgehead atoms. The Labute approximate surface area is 274 Å². The molecule has 5 aromatic rings. The molecule has 1 atom stereocenters. The van der Waals surface area contributed by atoms with Gasteiger partial charge in [-0.25, -0.2) is 8.78 Å². The number of benzene rings is 3. The van der Waals surface area contributed by atoms with Gasteiger partial charge >= 0.3 is 0 Å². The van der Waals surface area contributed by atoms with Crippen molar-refractivity contribution in [1.29, 1.82) is 0 Å². The molecule has 12 heteroatoms. The van der Waals surface area contributed by atoms with Gasteiger partial charge in [-0.2, -0.15) is 0 Å². The highest BCUT2D eigenvalue weighted by atomic mass is 35.5. The van der Waals surface area contributed by atoms with E-state index in [2.05, 4.69) is 25.8 Å². The lowest BCUT2D eigenvalue weighted by Crippen LogP contribution is -2.48. The molecule has 0 aliphatic heterocycles. The molecule has 0 spiro atoms. The fourth-order valence-electron chi connectivity index (χ4n) is 4.84. The van der Waals surface area contributed by atoms with Crippen LogP contribution in [0.5, 0.6) is 0 Å². The molecular weight excluding hydrogens is 628 g/mol. The van der Waals surface area contributed by atoms with Crippen molar-refractivity contribution >= 4 is 29.2 Å². The summed E-state index contributed by atoms with van der Waals surface area (Å²) in [5.74, 6) is -2.96. The van der Waals surface area contributed by atoms with Gasteiger partial charge in [0.2, 0.25) is 17.6 Å². The van der Waals surface area contributed by atoms with Crippen LogP contribution in [0.4, 0.5) is 8.78 Å². The molecule has 9 nitrogen and oxygen atoms in total. The molecule has 240 valence electrons. The fraction of sp³-hybridized carbons (Fsp3) is 0.200. The van der Waals surface area contributed by atoms with Gasteiger partial charge in [0.15, 0.2) is 0 Å². The Hall–Kier alpha value is -5.29. The van der Waals surface area contributed by atoms with Crippen LogP contribution in [0.15, 0.2) is 95.7 Å². The molecule has 2 amide bonds. The second-order valence-electron chi connectivity index (χ2n) is 10.7. The van der Waals surface area contributed by atoms with E-state index >= 15 is 0 Å². The van der Waals surface area contributed by atoms with Gasteiger partial charge in [0, 0.05) is 53.5 Å². The first-order valence-corrected chi connectivity index (χ1v) is 15.3. The maximum absolute atomic E-state index is 14.5. The Balaban J connectivity index is 1.14. The zero-order chi connectivity index (χ0) is 33.2. The van der Waals surface area contributed by atoms with E-state index in [1.165, 1.54) is 6.07 Å². The largest absolute Gasteiger partial charge is 0.414 e. The lowest BCUT2D eigenvalue weighted by molar-refractivity contribution is -0.123. The molecule has 2 heterocycles. The molecule has 0 radical (unpaired) electrons. The summed E-state index contributed by atoms with van der Waals surface area (Å²) in [5, 5.41) is 13.7. The molecule has 0 saturated heterocycles. The normalized spacial score (nSPS) is 11.6. The minimum absolute atomic E-state index is 0.0804. The number of halogens is 3. The molecule has 2 N–H and O–H groups in total. The number of ketones is 1. The minimum Gasteiger partial charge on any atom is -0.414 e. The lowest BCUT2D eigenvalue weighted by Gasteiger charge is -2.19. The average Bonchev–Trinajstić information content (AvgIpc) is 3.58. The molecule has 1 unspecified atom stereocenters. The zero-order valence-electron chi connectivity index (χ0n) is 25.1. The van der Waals surface area contributed by atoms with E-state index in [1.807, 2.05) is 12.1 Å². The topological polar surface area (TPSA) is 127 Å². The molecule has 0 fully saturated rings. The molecule has 5 rings (SSSR count). The van der Waals surface area contributed by atoms with Gasteiger partial charge in [0.05, 0.1) is 0 Å². The summed E-state index contributed by atoms with van der Waals surface area (Å²) in [4.78, 5) is 42.7. The van der Waals surface area contributed by atoms with Gasteiger partial charge in [-0.1, -0.05) is 48.4 Å². The summed E-state index contributed by atoms with van der Waals surface area (Å²) in [6.07, 6.45) is 4.56. The number of aromatic nitrogens is 3. The summed E-state index contributed by atoms with van der Waals surface area (Å²) in [7, 11) is 0. The van der Waals surface area contributed by atoms with Gasteiger partial charge in [-0.05, 0) is 72.5 Å². The SMILES string of the molecule is O=C(NC(Cc1c(F)cccc1F)C(=O)NCCCCCC(=O)c1nnc(-c2ccncc2)o1)c1ccc(-c2cccc(Cl)c2)cc1. The van der Waals surface area contributed by atoms with E-state index in [9.17, 15) is 23.2 Å². The van der Waals surface area contributed by atoms with Gasteiger partial charge in [-0.15, -0.1) is 10.2 Å². The lowest BCUT2D eigenvalue weighted by atomic mass is 10.0. The average molecular weight is 658 g/mol. The van der Waals surface area contributed by atoms with Gasteiger partial charge in [0.1, 0.15) is 17.7 Å². The van der Waals surface area contributed by atoms with Crippen molar-refractivity contribution in [1.82, 2.24) is 25.8 Å². The highest BCUT2D eigenvalue weighted by Crippen LogP contribution is 2.23. The predicted octanol–water partition coefficient (Wildman–Crippen LogP) is 6.63. The first-order chi connectivity index (χ1) is 22.8. The number of rotatable bonds is 14. The maximum atomic E-state index is 14.5. The number of hydrogen-bond acceptors (Lipinski definition) is 7. The fourth-order valence-corrected chi connectivity index (χ4v) is 5.03. The van der Waals surface area contributed by atoms with E-state index in [0.717, 1.165) is 23.3 Å². The Morgan fingerprint density at radius 3 is 2.26 bits per heavy atom. The van der Waals surface area contributed by atoms with E-state index < -0.39 is 35.9 Å². The quantitative estimate of drug-likeness (QED) is 0.101. The molecule has 47 heavy (non-hydrogen) atoms. The summed E-state index contributed by atoms with van der Waals surface area (Å²) >= 11 is 6.09. The highest BCUT2D eigenvalue weighted by Gasteiger charge is 2.25. The van der Waals surface area contributed by atoms with Crippen LogP contribution in [0.25, 0.3) is 22.6 Å². The van der Waals surface area contributed by atoms with E-state index in [0.29, 0.717) is 29.8 Å². The third-order valence-corrected chi connectivity index (χ3v) is 7.60. The number of pyridine rings is 1. The number of hydrogen-bond donors (Lipinski definition) is 2. The maximum Gasteiger partial charge on any atom is 0.284 e. The van der Waals surface area contributed by atoms with Crippen LogP contribution in [-0.2, 0) is 11.2 Å². The number of nitrogens with one attached hydrogen (secondary N) is 2. The molecule has 0 aliphatic rings. The number of Topliss-reactive ketones (excluding diaryl/α,β-unsaturated/α-hetero) is 1. The van der Waals surface area contributed by atoms with Gasteiger partial charge in [0.25, 0.3) is 11.8 Å². The first kappa shape index (κ1) is 33.1. The first-order valence-electron chi connectivity index (χ1n) is 14.9. The number of amides is 2. The number of carbonyl (C=O) groups excluding carboxylic acids is 3. The Kier molecular flexibility index (Phi) is 11.1. The third kappa shape index (κ3) is 8.92. The van der Waals surface area contributed by atoms with Crippen molar-refractivity contribution < 1.29 is 27.6 Å². The minimum atomic E-state index is -1.25. The second kappa shape index (κ2) is 15.8. The summed E-state index contributed by atoms with van der Waals surface area (Å²) in [6.45, 7) is 0.222. The molecule has 2 aromatic heterocycles. The Bertz CT molecular complexity index is 1830. The van der Waals surface area contributed by atoms with E-state index in [4.69, 9.17) is 16.0 Å². The van der Waals surface area contributed by atoms with Crippen LogP contribution >= 0.6 is 11.6 Å². The summed E-state index contributed by atoms with van der Waals surface area (Å²) in [5.41, 5.74) is 2.31. The van der Waals surface area contributed by atoms with Crippen LogP contribution < -0.4 is 10.6 Å². The van der Waals surface area contributed by atoms with Crippen molar-refractivity contribution in [2.45, 2.75) is 38.1 Å². The van der Waals surface area contributed by atoms with Crippen LogP contribution in [0.2, 0.25) is 5.02 Å². The molecule has 3 aromatic carbocycles. The standard InChI is InChI=1S/C35H30ClF2N5O4/c36-26-7-4-6-25(20-26)22-11-13-23(14-12-22)32(45)41-30(21-27-28(37)8-5-9-29(27)38)33(46)40-17-3-1-2-10-31(44)35-43-42-34(47-35)24-15-18-39-19-16-24/h4-9,11-16,18-20,30H,1-3,10,17,21H2,(H,40,46)(H,41,45). The highest BCUT2D eigenvalue weighted by molar-refractivity contribution is 6.30. The van der Waals surface area contributed by atoms with Crippen molar-refractivity contribution in [3.05, 3.63) is 125 Å². The van der Waals surface area contributed by atoms with Crippen molar-refractivity contribution in [2.75, 3.05) is 6.54 Å². The Morgan fingerprint density at radius 2 is 1.53 bits per heavy atom. The van der Waals surface area contributed by atoms with Crippen molar-refractivity contribution in [3.8, 4) is 22.6 Å². The van der Waals surface area contributed by atoms with E-state index in [1.54, 1.807) is 60.9 Å². The molecular formula is C35H30ClF2N5O4. The monoisotopic (exact) mass is 657 g/mol. The number of unbranched alkanes of at least 4 members (excludes halogenated alkanes) is 2. The summed E-state index contributed by atoms with van der Waals surface area (Å²) in [6, 6.07) is 19.5. The van der Waals surface area contributed by atoms with Gasteiger partial charge in [-0.3, -0.25) is 19.4 Å².